The molecule has 1 amide bonds. The molecule has 0 spiro atoms. The van der Waals surface area contributed by atoms with Crippen LogP contribution in [0.25, 0.3) is 11.2 Å². The molecule has 2 aliphatic rings. The van der Waals surface area contributed by atoms with Crippen molar-refractivity contribution in [3.05, 3.63) is 65.8 Å². The molecule has 5 nitrogen and oxygen atoms in total. The van der Waals surface area contributed by atoms with Gasteiger partial charge in [0, 0.05) is 24.7 Å². The van der Waals surface area contributed by atoms with Crippen LogP contribution in [0.1, 0.15) is 37.9 Å². The molecule has 0 aliphatic carbocycles. The van der Waals surface area contributed by atoms with Crippen LogP contribution in [0, 0.1) is 12.8 Å². The number of pyridine rings is 1. The zero-order valence-corrected chi connectivity index (χ0v) is 17.8. The third-order valence-electron chi connectivity index (χ3n) is 6.14. The number of fused-ring (bicyclic) bond motifs is 1. The summed E-state index contributed by atoms with van der Waals surface area (Å²) in [7, 11) is 2.16. The molecule has 0 saturated carbocycles. The molecule has 0 bridgehead atoms. The van der Waals surface area contributed by atoms with E-state index in [0.717, 1.165) is 48.4 Å². The summed E-state index contributed by atoms with van der Waals surface area (Å²) >= 11 is 0. The summed E-state index contributed by atoms with van der Waals surface area (Å²) in [4.78, 5) is 21.8. The SMILES string of the molecule is C/C(=C\C(=O)N1C=C(c2ccc3nc(C)cn3c2)C=CC1C)C1CCN(C)CC1. The molecule has 4 heterocycles. The first-order chi connectivity index (χ1) is 13.9. The number of amides is 1. The van der Waals surface area contributed by atoms with E-state index in [1.165, 1.54) is 5.57 Å². The molecule has 2 aromatic rings. The first-order valence-corrected chi connectivity index (χ1v) is 10.5. The Balaban J connectivity index is 1.55. The van der Waals surface area contributed by atoms with Crippen LogP contribution in [-0.2, 0) is 4.79 Å². The summed E-state index contributed by atoms with van der Waals surface area (Å²) < 4.78 is 2.04. The van der Waals surface area contributed by atoms with E-state index >= 15 is 0 Å². The number of allylic oxidation sites excluding steroid dienone is 3. The maximum atomic E-state index is 13.1. The van der Waals surface area contributed by atoms with Crippen LogP contribution >= 0.6 is 0 Å². The number of nitrogens with zero attached hydrogens (tertiary/aromatic N) is 4. The third-order valence-corrected chi connectivity index (χ3v) is 6.14. The lowest BCUT2D eigenvalue weighted by atomic mass is 9.90. The second kappa shape index (κ2) is 7.99. The molecular formula is C24H30N4O. The highest BCUT2D eigenvalue weighted by Crippen LogP contribution is 2.26. The fourth-order valence-electron chi connectivity index (χ4n) is 4.22. The number of carbonyl (C=O) groups excluding carboxylic acids is 1. The van der Waals surface area contributed by atoms with Gasteiger partial charge in [0.2, 0.25) is 0 Å². The van der Waals surface area contributed by atoms with Gasteiger partial charge in [-0.15, -0.1) is 0 Å². The summed E-state index contributed by atoms with van der Waals surface area (Å²) in [6.07, 6.45) is 14.4. The van der Waals surface area contributed by atoms with Crippen LogP contribution in [0.3, 0.4) is 0 Å². The largest absolute Gasteiger partial charge is 0.308 e. The van der Waals surface area contributed by atoms with Gasteiger partial charge in [-0.25, -0.2) is 4.98 Å². The Labute approximate surface area is 173 Å². The van der Waals surface area contributed by atoms with Gasteiger partial charge in [0.05, 0.1) is 11.7 Å². The molecule has 0 radical (unpaired) electrons. The number of rotatable bonds is 3. The Kier molecular flexibility index (Phi) is 5.41. The third kappa shape index (κ3) is 4.20. The number of imidazole rings is 1. The van der Waals surface area contributed by atoms with Gasteiger partial charge in [-0.3, -0.25) is 4.79 Å². The van der Waals surface area contributed by atoms with Crippen LogP contribution < -0.4 is 0 Å². The van der Waals surface area contributed by atoms with Gasteiger partial charge in [-0.1, -0.05) is 17.7 Å². The molecule has 2 aromatic heterocycles. The first-order valence-electron chi connectivity index (χ1n) is 10.5. The Morgan fingerprint density at radius 1 is 1.21 bits per heavy atom. The summed E-state index contributed by atoms with van der Waals surface area (Å²) in [5, 5.41) is 0. The van der Waals surface area contributed by atoms with Crippen LogP contribution in [-0.4, -0.2) is 51.3 Å². The van der Waals surface area contributed by atoms with Crippen molar-refractivity contribution in [2.24, 2.45) is 5.92 Å². The second-order valence-electron chi connectivity index (χ2n) is 8.46. The molecule has 1 fully saturated rings. The van der Waals surface area contributed by atoms with E-state index < -0.39 is 0 Å². The Bertz CT molecular complexity index is 1010. The van der Waals surface area contributed by atoms with E-state index in [2.05, 4.69) is 55.2 Å². The Hall–Kier alpha value is -2.66. The van der Waals surface area contributed by atoms with Crippen molar-refractivity contribution in [3.63, 3.8) is 0 Å². The predicted octanol–water partition coefficient (Wildman–Crippen LogP) is 4.06. The van der Waals surface area contributed by atoms with Crippen molar-refractivity contribution in [2.75, 3.05) is 20.1 Å². The normalized spacial score (nSPS) is 21.7. The maximum Gasteiger partial charge on any atom is 0.251 e. The molecule has 152 valence electrons. The molecule has 0 aromatic carbocycles. The minimum atomic E-state index is 0.0482. The molecule has 1 unspecified atom stereocenters. The molecule has 1 saturated heterocycles. The van der Waals surface area contributed by atoms with Gasteiger partial charge < -0.3 is 14.2 Å². The first kappa shape index (κ1) is 19.6. The smallest absolute Gasteiger partial charge is 0.251 e. The number of likely N-dealkylation sites (tertiary alicyclic amines) is 1. The fraction of sp³-hybridized carbons (Fsp3) is 0.417. The number of carbonyl (C=O) groups is 1. The van der Waals surface area contributed by atoms with Gasteiger partial charge >= 0.3 is 0 Å². The summed E-state index contributed by atoms with van der Waals surface area (Å²) in [5.74, 6) is 0.580. The molecule has 2 aliphatic heterocycles. The highest BCUT2D eigenvalue weighted by Gasteiger charge is 2.22. The van der Waals surface area contributed by atoms with Crippen molar-refractivity contribution < 1.29 is 4.79 Å². The molecule has 0 N–H and O–H groups in total. The maximum absolute atomic E-state index is 13.1. The van der Waals surface area contributed by atoms with E-state index in [1.54, 1.807) is 0 Å². The summed E-state index contributed by atoms with van der Waals surface area (Å²) in [6, 6.07) is 4.13. The fourth-order valence-corrected chi connectivity index (χ4v) is 4.22. The van der Waals surface area contributed by atoms with Crippen LogP contribution in [0.2, 0.25) is 0 Å². The quantitative estimate of drug-likeness (QED) is 0.742. The minimum Gasteiger partial charge on any atom is -0.308 e. The molecule has 29 heavy (non-hydrogen) atoms. The second-order valence-corrected chi connectivity index (χ2v) is 8.46. The number of aryl methyl sites for hydroxylation is 1. The lowest BCUT2D eigenvalue weighted by Crippen LogP contribution is -2.34. The van der Waals surface area contributed by atoms with Crippen molar-refractivity contribution in [1.29, 1.82) is 0 Å². The summed E-state index contributed by atoms with van der Waals surface area (Å²) in [6.45, 7) is 8.37. The van der Waals surface area contributed by atoms with Crippen molar-refractivity contribution in [1.82, 2.24) is 19.2 Å². The average molecular weight is 391 g/mol. The van der Waals surface area contributed by atoms with Gasteiger partial charge in [0.25, 0.3) is 5.91 Å². The predicted molar refractivity (Wildman–Crippen MR) is 117 cm³/mol. The number of hydrogen-bond donors (Lipinski definition) is 0. The number of piperidine rings is 1. The van der Waals surface area contributed by atoms with Gasteiger partial charge in [-0.2, -0.15) is 0 Å². The Morgan fingerprint density at radius 3 is 2.72 bits per heavy atom. The Morgan fingerprint density at radius 2 is 1.97 bits per heavy atom. The van der Waals surface area contributed by atoms with Crippen LogP contribution in [0.4, 0.5) is 0 Å². The monoisotopic (exact) mass is 390 g/mol. The minimum absolute atomic E-state index is 0.0482. The topological polar surface area (TPSA) is 40.9 Å². The van der Waals surface area contributed by atoms with Crippen LogP contribution in [0.5, 0.6) is 0 Å². The van der Waals surface area contributed by atoms with Crippen molar-refractivity contribution in [3.8, 4) is 0 Å². The zero-order chi connectivity index (χ0) is 20.5. The van der Waals surface area contributed by atoms with E-state index in [9.17, 15) is 4.79 Å². The number of hydrogen-bond acceptors (Lipinski definition) is 3. The van der Waals surface area contributed by atoms with Crippen molar-refractivity contribution >= 4 is 17.1 Å². The van der Waals surface area contributed by atoms with E-state index in [-0.39, 0.29) is 11.9 Å². The molecular weight excluding hydrogens is 360 g/mol. The van der Waals surface area contributed by atoms with E-state index in [0.29, 0.717) is 5.92 Å². The van der Waals surface area contributed by atoms with E-state index in [4.69, 9.17) is 0 Å². The van der Waals surface area contributed by atoms with Crippen LogP contribution in [0.15, 0.2) is 54.5 Å². The summed E-state index contributed by atoms with van der Waals surface area (Å²) in [5.41, 5.74) is 5.25. The zero-order valence-electron chi connectivity index (χ0n) is 17.8. The number of aromatic nitrogens is 2. The standard InChI is InChI=1S/C24H30N4O/c1-17(20-9-11-26(4)12-10-20)13-24(29)28-16-22(6-5-19(28)3)21-7-8-23-25-18(2)14-27(23)15-21/h5-8,13-16,19-20H,9-12H2,1-4H3/b17-13+. The highest BCUT2D eigenvalue weighted by atomic mass is 16.2. The highest BCUT2D eigenvalue weighted by molar-refractivity contribution is 5.92. The molecule has 4 rings (SSSR count). The van der Waals surface area contributed by atoms with E-state index in [1.807, 2.05) is 40.8 Å². The van der Waals surface area contributed by atoms with Crippen molar-refractivity contribution in [2.45, 2.75) is 39.7 Å². The van der Waals surface area contributed by atoms with Gasteiger partial charge in [0.15, 0.2) is 0 Å². The molecule has 5 heteroatoms. The molecule has 1 atom stereocenters. The lowest BCUT2D eigenvalue weighted by Gasteiger charge is -2.30. The average Bonchev–Trinajstić information content (AvgIpc) is 3.07. The van der Waals surface area contributed by atoms with Gasteiger partial charge in [-0.05, 0) is 82.9 Å². The lowest BCUT2D eigenvalue weighted by molar-refractivity contribution is -0.124. The van der Waals surface area contributed by atoms with Gasteiger partial charge in [0.1, 0.15) is 5.65 Å².